The number of nitrogens with one attached hydrogen (secondary N) is 2. The summed E-state index contributed by atoms with van der Waals surface area (Å²) in [4.78, 5) is 16.5. The van der Waals surface area contributed by atoms with Crippen LogP contribution in [0.4, 0.5) is 0 Å². The van der Waals surface area contributed by atoms with Crippen LogP contribution >= 0.6 is 11.3 Å². The van der Waals surface area contributed by atoms with Crippen molar-refractivity contribution in [3.05, 3.63) is 33.0 Å². The highest BCUT2D eigenvalue weighted by molar-refractivity contribution is 7.09. The van der Waals surface area contributed by atoms with Gasteiger partial charge in [0, 0.05) is 23.2 Å². The SMILES string of the molecule is Cc1n[nH]c(C)c1CNC(=O)Cc1csc(C(N)C(C)C)n1. The zero-order valence-electron chi connectivity index (χ0n) is 13.4. The van der Waals surface area contributed by atoms with E-state index in [2.05, 4.69) is 34.3 Å². The number of nitrogens with two attached hydrogens (primary N) is 1. The van der Waals surface area contributed by atoms with Gasteiger partial charge < -0.3 is 11.1 Å². The van der Waals surface area contributed by atoms with Gasteiger partial charge in [-0.15, -0.1) is 11.3 Å². The molecule has 0 fully saturated rings. The third-order valence-electron chi connectivity index (χ3n) is 3.66. The Kier molecular flexibility index (Phi) is 5.31. The molecule has 0 aliphatic carbocycles. The van der Waals surface area contributed by atoms with Crippen LogP contribution in [0.2, 0.25) is 0 Å². The number of carbonyl (C=O) groups excluding carboxylic acids is 1. The zero-order chi connectivity index (χ0) is 16.3. The maximum absolute atomic E-state index is 12.0. The van der Waals surface area contributed by atoms with E-state index in [9.17, 15) is 4.79 Å². The molecule has 7 heteroatoms. The topological polar surface area (TPSA) is 96.7 Å². The monoisotopic (exact) mass is 321 g/mol. The summed E-state index contributed by atoms with van der Waals surface area (Å²) in [6.07, 6.45) is 0.275. The van der Waals surface area contributed by atoms with Gasteiger partial charge in [0.25, 0.3) is 0 Å². The minimum absolute atomic E-state index is 0.0463. The van der Waals surface area contributed by atoms with Gasteiger partial charge in [0.15, 0.2) is 0 Å². The average Bonchev–Trinajstić information content (AvgIpc) is 3.04. The molecule has 2 aromatic rings. The minimum atomic E-state index is -0.0713. The van der Waals surface area contributed by atoms with Gasteiger partial charge in [-0.2, -0.15) is 5.10 Å². The molecule has 0 saturated carbocycles. The number of aromatic amines is 1. The smallest absolute Gasteiger partial charge is 0.226 e. The molecular weight excluding hydrogens is 298 g/mol. The summed E-state index contributed by atoms with van der Waals surface area (Å²) in [5.74, 6) is 0.287. The van der Waals surface area contributed by atoms with Gasteiger partial charge in [0.1, 0.15) is 5.01 Å². The first-order chi connectivity index (χ1) is 10.4. The predicted octanol–water partition coefficient (Wildman–Crippen LogP) is 2.00. The first-order valence-corrected chi connectivity index (χ1v) is 8.23. The number of thiazole rings is 1. The summed E-state index contributed by atoms with van der Waals surface area (Å²) in [5.41, 5.74) is 9.78. The first kappa shape index (κ1) is 16.6. The molecule has 0 saturated heterocycles. The van der Waals surface area contributed by atoms with E-state index in [1.54, 1.807) is 0 Å². The number of aromatic nitrogens is 3. The van der Waals surface area contributed by atoms with Crippen LogP contribution in [0.3, 0.4) is 0 Å². The number of hydrogen-bond acceptors (Lipinski definition) is 5. The first-order valence-electron chi connectivity index (χ1n) is 7.35. The van der Waals surface area contributed by atoms with Crippen LogP contribution in [-0.4, -0.2) is 21.1 Å². The quantitative estimate of drug-likeness (QED) is 0.758. The fourth-order valence-electron chi connectivity index (χ4n) is 2.09. The summed E-state index contributed by atoms with van der Waals surface area (Å²) in [6.45, 7) is 8.48. The molecule has 1 unspecified atom stereocenters. The van der Waals surface area contributed by atoms with E-state index in [-0.39, 0.29) is 18.4 Å². The van der Waals surface area contributed by atoms with Crippen LogP contribution in [0.25, 0.3) is 0 Å². The Hall–Kier alpha value is -1.73. The van der Waals surface area contributed by atoms with E-state index in [4.69, 9.17) is 5.73 Å². The van der Waals surface area contributed by atoms with Crippen molar-refractivity contribution in [2.24, 2.45) is 11.7 Å². The summed E-state index contributed by atoms with van der Waals surface area (Å²) in [5, 5.41) is 12.7. The van der Waals surface area contributed by atoms with Gasteiger partial charge >= 0.3 is 0 Å². The highest BCUT2D eigenvalue weighted by Gasteiger charge is 2.16. The number of aryl methyl sites for hydroxylation is 2. The molecule has 2 rings (SSSR count). The average molecular weight is 321 g/mol. The molecule has 6 nitrogen and oxygen atoms in total. The van der Waals surface area contributed by atoms with Gasteiger partial charge in [-0.25, -0.2) is 4.98 Å². The third kappa shape index (κ3) is 3.92. The van der Waals surface area contributed by atoms with E-state index >= 15 is 0 Å². The van der Waals surface area contributed by atoms with Crippen molar-refractivity contribution >= 4 is 17.2 Å². The highest BCUT2D eigenvalue weighted by atomic mass is 32.1. The van der Waals surface area contributed by atoms with Crippen molar-refractivity contribution in [1.29, 1.82) is 0 Å². The summed E-state index contributed by atoms with van der Waals surface area (Å²) < 4.78 is 0. The van der Waals surface area contributed by atoms with Gasteiger partial charge in [-0.1, -0.05) is 13.8 Å². The normalized spacial score (nSPS) is 12.6. The molecule has 0 aromatic carbocycles. The summed E-state index contributed by atoms with van der Waals surface area (Å²) in [6, 6.07) is -0.0713. The lowest BCUT2D eigenvalue weighted by Crippen LogP contribution is -2.25. The Morgan fingerprint density at radius 1 is 1.45 bits per heavy atom. The molecule has 0 bridgehead atoms. The minimum Gasteiger partial charge on any atom is -0.352 e. The lowest BCUT2D eigenvalue weighted by atomic mass is 10.1. The maximum atomic E-state index is 12.0. The number of amides is 1. The van der Waals surface area contributed by atoms with E-state index in [1.165, 1.54) is 11.3 Å². The fourth-order valence-corrected chi connectivity index (χ4v) is 3.08. The van der Waals surface area contributed by atoms with Crippen LogP contribution in [0, 0.1) is 19.8 Å². The number of nitrogens with zero attached hydrogens (tertiary/aromatic N) is 2. The number of rotatable bonds is 6. The Balaban J connectivity index is 1.90. The molecule has 0 spiro atoms. The molecule has 120 valence electrons. The van der Waals surface area contributed by atoms with Gasteiger partial charge in [-0.05, 0) is 19.8 Å². The molecular formula is C15H23N5OS. The van der Waals surface area contributed by atoms with E-state index < -0.39 is 0 Å². The Bertz CT molecular complexity index is 627. The van der Waals surface area contributed by atoms with Crippen LogP contribution in [0.1, 0.15) is 47.5 Å². The second-order valence-corrected chi connectivity index (χ2v) is 6.70. The number of carbonyl (C=O) groups is 1. The van der Waals surface area contributed by atoms with Gasteiger partial charge in [0.2, 0.25) is 5.91 Å². The second kappa shape index (κ2) is 7.02. The third-order valence-corrected chi connectivity index (χ3v) is 4.65. The van der Waals surface area contributed by atoms with Crippen molar-refractivity contribution in [1.82, 2.24) is 20.5 Å². The van der Waals surface area contributed by atoms with Gasteiger partial charge in [0.05, 0.1) is 23.9 Å². The largest absolute Gasteiger partial charge is 0.352 e. The Morgan fingerprint density at radius 3 is 2.77 bits per heavy atom. The molecule has 0 aliphatic heterocycles. The lowest BCUT2D eigenvalue weighted by molar-refractivity contribution is -0.120. The van der Waals surface area contributed by atoms with Crippen LogP contribution in [-0.2, 0) is 17.8 Å². The highest BCUT2D eigenvalue weighted by Crippen LogP contribution is 2.22. The summed E-state index contributed by atoms with van der Waals surface area (Å²) >= 11 is 1.52. The fraction of sp³-hybridized carbons (Fsp3) is 0.533. The van der Waals surface area contributed by atoms with Crippen molar-refractivity contribution < 1.29 is 4.79 Å². The molecule has 4 N–H and O–H groups in total. The number of hydrogen-bond donors (Lipinski definition) is 3. The van der Waals surface area contributed by atoms with E-state index in [1.807, 2.05) is 19.2 Å². The van der Waals surface area contributed by atoms with Crippen LogP contribution < -0.4 is 11.1 Å². The molecule has 1 atom stereocenters. The molecule has 0 aliphatic rings. The molecule has 1 amide bonds. The Morgan fingerprint density at radius 2 is 2.18 bits per heavy atom. The number of H-pyrrole nitrogens is 1. The lowest BCUT2D eigenvalue weighted by Gasteiger charge is -2.11. The molecule has 2 aromatic heterocycles. The van der Waals surface area contributed by atoms with E-state index in [0.717, 1.165) is 27.7 Å². The Labute approximate surface area is 134 Å². The molecule has 22 heavy (non-hydrogen) atoms. The van der Waals surface area contributed by atoms with Crippen molar-refractivity contribution in [3.8, 4) is 0 Å². The zero-order valence-corrected chi connectivity index (χ0v) is 14.3. The summed E-state index contributed by atoms with van der Waals surface area (Å²) in [7, 11) is 0. The van der Waals surface area contributed by atoms with Crippen molar-refractivity contribution in [3.63, 3.8) is 0 Å². The van der Waals surface area contributed by atoms with Crippen LogP contribution in [0.5, 0.6) is 0 Å². The van der Waals surface area contributed by atoms with Gasteiger partial charge in [-0.3, -0.25) is 9.89 Å². The molecule has 2 heterocycles. The maximum Gasteiger partial charge on any atom is 0.226 e. The molecule has 0 radical (unpaired) electrons. The van der Waals surface area contributed by atoms with Crippen molar-refractivity contribution in [2.45, 2.75) is 46.7 Å². The van der Waals surface area contributed by atoms with E-state index in [0.29, 0.717) is 12.5 Å². The predicted molar refractivity (Wildman–Crippen MR) is 87.5 cm³/mol. The van der Waals surface area contributed by atoms with Crippen molar-refractivity contribution in [2.75, 3.05) is 0 Å². The van der Waals surface area contributed by atoms with Crippen LogP contribution in [0.15, 0.2) is 5.38 Å². The standard InChI is InChI=1S/C15H23N5OS/c1-8(2)14(16)15-18-11(7-22-15)5-13(21)17-6-12-9(3)19-20-10(12)4/h7-8,14H,5-6,16H2,1-4H3,(H,17,21)(H,19,20). The second-order valence-electron chi connectivity index (χ2n) is 5.81.